The lowest BCUT2D eigenvalue weighted by molar-refractivity contribution is 0.323. The van der Waals surface area contributed by atoms with Gasteiger partial charge in [-0.05, 0) is 25.5 Å². The second kappa shape index (κ2) is 5.89. The minimum absolute atomic E-state index is 0.170. The number of piperidine rings is 1. The zero-order valence-electron chi connectivity index (χ0n) is 10.6. The van der Waals surface area contributed by atoms with E-state index in [1.54, 1.807) is 0 Å². The molecule has 0 radical (unpaired) electrons. The van der Waals surface area contributed by atoms with Crippen molar-refractivity contribution in [2.75, 3.05) is 20.8 Å². The molecule has 5 heteroatoms. The molecule has 1 saturated heterocycles. The van der Waals surface area contributed by atoms with Crippen LogP contribution < -0.4 is 14.8 Å². The van der Waals surface area contributed by atoms with Gasteiger partial charge in [-0.1, -0.05) is 22.4 Å². The zero-order chi connectivity index (χ0) is 13.1. The van der Waals surface area contributed by atoms with E-state index in [0.29, 0.717) is 5.75 Å². The summed E-state index contributed by atoms with van der Waals surface area (Å²) in [6, 6.07) is 1.62. The minimum atomic E-state index is -0.416. The van der Waals surface area contributed by atoms with E-state index in [-0.39, 0.29) is 11.8 Å². The summed E-state index contributed by atoms with van der Waals surface area (Å²) in [4.78, 5) is 0. The molecule has 100 valence electrons. The van der Waals surface area contributed by atoms with Gasteiger partial charge in [-0.15, -0.1) is 0 Å². The second-order valence-electron chi connectivity index (χ2n) is 4.32. The molecule has 0 amide bonds. The van der Waals surface area contributed by atoms with E-state index in [1.165, 1.54) is 26.7 Å². The molecular weight excluding hydrogens is 301 g/mol. The predicted molar refractivity (Wildman–Crippen MR) is 71.8 cm³/mol. The third-order valence-electron chi connectivity index (χ3n) is 3.25. The molecule has 1 atom stereocenters. The molecule has 18 heavy (non-hydrogen) atoms. The van der Waals surface area contributed by atoms with Gasteiger partial charge < -0.3 is 14.8 Å². The molecule has 0 aromatic heterocycles. The molecule has 1 aromatic carbocycles. The highest BCUT2D eigenvalue weighted by atomic mass is 79.9. The number of halogens is 2. The average molecular weight is 318 g/mol. The highest BCUT2D eigenvalue weighted by Crippen LogP contribution is 2.43. The molecule has 0 aliphatic carbocycles. The molecule has 3 nitrogen and oxygen atoms in total. The fraction of sp³-hybridized carbons (Fsp3) is 0.538. The van der Waals surface area contributed by atoms with Gasteiger partial charge in [0, 0.05) is 16.1 Å². The van der Waals surface area contributed by atoms with Crippen molar-refractivity contribution in [1.82, 2.24) is 5.32 Å². The van der Waals surface area contributed by atoms with Crippen molar-refractivity contribution in [1.29, 1.82) is 0 Å². The van der Waals surface area contributed by atoms with E-state index < -0.39 is 5.82 Å². The monoisotopic (exact) mass is 317 g/mol. The number of benzene rings is 1. The zero-order valence-corrected chi connectivity index (χ0v) is 12.1. The van der Waals surface area contributed by atoms with Crippen LogP contribution >= 0.6 is 15.9 Å². The Morgan fingerprint density at radius 1 is 1.28 bits per heavy atom. The van der Waals surface area contributed by atoms with E-state index in [0.717, 1.165) is 29.4 Å². The van der Waals surface area contributed by atoms with Crippen LogP contribution in [0.25, 0.3) is 0 Å². The molecule has 1 unspecified atom stereocenters. The Hall–Kier alpha value is -0.810. The molecule has 1 heterocycles. The first-order valence-corrected chi connectivity index (χ1v) is 6.81. The maximum atomic E-state index is 13.8. The van der Waals surface area contributed by atoms with Crippen molar-refractivity contribution < 1.29 is 13.9 Å². The summed E-state index contributed by atoms with van der Waals surface area (Å²) in [5.41, 5.74) is 0.940. The summed E-state index contributed by atoms with van der Waals surface area (Å²) >= 11 is 3.42. The minimum Gasteiger partial charge on any atom is -0.492 e. The van der Waals surface area contributed by atoms with Crippen molar-refractivity contribution >= 4 is 15.9 Å². The SMILES string of the molecule is COc1c(F)cc(Br)c(C2CCCCN2)c1OC. The number of hydrogen-bond acceptors (Lipinski definition) is 3. The summed E-state index contributed by atoms with van der Waals surface area (Å²) in [5.74, 6) is 0.229. The van der Waals surface area contributed by atoms with Gasteiger partial charge >= 0.3 is 0 Å². The third-order valence-corrected chi connectivity index (χ3v) is 3.90. The van der Waals surface area contributed by atoms with Gasteiger partial charge in [-0.25, -0.2) is 4.39 Å². The van der Waals surface area contributed by atoms with Crippen molar-refractivity contribution in [3.63, 3.8) is 0 Å². The lowest BCUT2D eigenvalue weighted by atomic mass is 9.96. The fourth-order valence-electron chi connectivity index (χ4n) is 2.41. The van der Waals surface area contributed by atoms with Gasteiger partial charge in [0.25, 0.3) is 0 Å². The molecule has 1 aromatic rings. The van der Waals surface area contributed by atoms with E-state index in [2.05, 4.69) is 21.2 Å². The molecule has 0 spiro atoms. The Kier molecular flexibility index (Phi) is 4.45. The standard InChI is InChI=1S/C13H17BrFNO2/c1-17-12-9(15)7-8(14)11(13(12)18-2)10-5-3-4-6-16-10/h7,10,16H,3-6H2,1-2H3. The van der Waals surface area contributed by atoms with E-state index in [4.69, 9.17) is 9.47 Å². The van der Waals surface area contributed by atoms with Crippen LogP contribution in [0.1, 0.15) is 30.9 Å². The highest BCUT2D eigenvalue weighted by Gasteiger charge is 2.26. The average Bonchev–Trinajstić information content (AvgIpc) is 2.38. The molecule has 0 bridgehead atoms. The maximum Gasteiger partial charge on any atom is 0.197 e. The number of nitrogens with one attached hydrogen (secondary N) is 1. The molecule has 1 fully saturated rings. The Bertz CT molecular complexity index is 433. The Balaban J connectivity index is 2.49. The molecule has 1 aliphatic rings. The second-order valence-corrected chi connectivity index (χ2v) is 5.18. The highest BCUT2D eigenvalue weighted by molar-refractivity contribution is 9.10. The number of ether oxygens (including phenoxy) is 2. The van der Waals surface area contributed by atoms with Gasteiger partial charge in [-0.2, -0.15) is 0 Å². The first-order valence-electron chi connectivity index (χ1n) is 6.02. The topological polar surface area (TPSA) is 30.5 Å². The Morgan fingerprint density at radius 2 is 2.00 bits per heavy atom. The summed E-state index contributed by atoms with van der Waals surface area (Å²) < 4.78 is 25.0. The van der Waals surface area contributed by atoms with Gasteiger partial charge in [0.2, 0.25) is 0 Å². The van der Waals surface area contributed by atoms with Gasteiger partial charge in [0.1, 0.15) is 0 Å². The van der Waals surface area contributed by atoms with Crippen LogP contribution in [0.4, 0.5) is 4.39 Å². The summed E-state index contributed by atoms with van der Waals surface area (Å²) in [5, 5.41) is 3.43. The lowest BCUT2D eigenvalue weighted by Gasteiger charge is -2.27. The first-order chi connectivity index (χ1) is 8.69. The maximum absolute atomic E-state index is 13.8. The van der Waals surface area contributed by atoms with Crippen LogP contribution in [-0.4, -0.2) is 20.8 Å². The molecule has 1 N–H and O–H groups in total. The number of methoxy groups -OCH3 is 2. The fourth-order valence-corrected chi connectivity index (χ4v) is 3.07. The van der Waals surface area contributed by atoms with Crippen LogP contribution in [-0.2, 0) is 0 Å². The Morgan fingerprint density at radius 3 is 2.56 bits per heavy atom. The Labute approximate surface area is 115 Å². The van der Waals surface area contributed by atoms with Crippen molar-refractivity contribution in [3.8, 4) is 11.5 Å². The van der Waals surface area contributed by atoms with E-state index >= 15 is 0 Å². The normalized spacial score (nSPS) is 19.7. The number of hydrogen-bond donors (Lipinski definition) is 1. The third kappa shape index (κ3) is 2.47. The molecular formula is C13H17BrFNO2. The van der Waals surface area contributed by atoms with Gasteiger partial charge in [0.05, 0.1) is 14.2 Å². The van der Waals surface area contributed by atoms with E-state index in [1.807, 2.05) is 0 Å². The van der Waals surface area contributed by atoms with Crippen molar-refractivity contribution in [2.45, 2.75) is 25.3 Å². The van der Waals surface area contributed by atoms with Crippen LogP contribution in [0.3, 0.4) is 0 Å². The first kappa shape index (κ1) is 13.6. The summed E-state index contributed by atoms with van der Waals surface area (Å²) in [6.45, 7) is 0.972. The van der Waals surface area contributed by atoms with Crippen LogP contribution in [0.5, 0.6) is 11.5 Å². The summed E-state index contributed by atoms with van der Waals surface area (Å²) in [7, 11) is 2.99. The lowest BCUT2D eigenvalue weighted by Crippen LogP contribution is -2.27. The van der Waals surface area contributed by atoms with Gasteiger partial charge in [0.15, 0.2) is 17.3 Å². The van der Waals surface area contributed by atoms with Crippen molar-refractivity contribution in [2.24, 2.45) is 0 Å². The molecule has 2 rings (SSSR count). The smallest absolute Gasteiger partial charge is 0.197 e. The quantitative estimate of drug-likeness (QED) is 0.926. The molecule has 0 saturated carbocycles. The molecule has 1 aliphatic heterocycles. The predicted octanol–water partition coefficient (Wildman–Crippen LogP) is 3.42. The van der Waals surface area contributed by atoms with Crippen molar-refractivity contribution in [3.05, 3.63) is 21.9 Å². The van der Waals surface area contributed by atoms with Crippen LogP contribution in [0.15, 0.2) is 10.5 Å². The van der Waals surface area contributed by atoms with E-state index in [9.17, 15) is 4.39 Å². The largest absolute Gasteiger partial charge is 0.492 e. The summed E-state index contributed by atoms with van der Waals surface area (Å²) in [6.07, 6.45) is 3.35. The van der Waals surface area contributed by atoms with Gasteiger partial charge in [-0.3, -0.25) is 0 Å². The van der Waals surface area contributed by atoms with Crippen LogP contribution in [0, 0.1) is 5.82 Å². The number of rotatable bonds is 3. The van der Waals surface area contributed by atoms with Crippen LogP contribution in [0.2, 0.25) is 0 Å².